The Morgan fingerprint density at radius 1 is 1.12 bits per heavy atom. The minimum Gasteiger partial charge on any atom is -0.444 e. The van der Waals surface area contributed by atoms with Gasteiger partial charge in [0, 0.05) is 54.6 Å². The van der Waals surface area contributed by atoms with Crippen molar-refractivity contribution in [3.8, 4) is 35.2 Å². The van der Waals surface area contributed by atoms with Crippen LogP contribution in [0.15, 0.2) is 55.1 Å². The van der Waals surface area contributed by atoms with E-state index in [2.05, 4.69) is 26.2 Å². The number of aromatic nitrogens is 3. The van der Waals surface area contributed by atoms with E-state index in [1.807, 2.05) is 39.0 Å². The number of hydrogen-bond acceptors (Lipinski definition) is 7. The van der Waals surface area contributed by atoms with Gasteiger partial charge in [-0.25, -0.2) is 14.8 Å². The number of carbonyl (C=O) groups is 1. The Kier molecular flexibility index (Phi) is 6.13. The summed E-state index contributed by atoms with van der Waals surface area (Å²) in [6.07, 6.45) is 12.0. The molecule has 0 radical (unpaired) electrons. The van der Waals surface area contributed by atoms with E-state index >= 15 is 0 Å². The van der Waals surface area contributed by atoms with E-state index in [-0.39, 0.29) is 18.1 Å². The highest BCUT2D eigenvalue weighted by Crippen LogP contribution is 2.25. The molecule has 8 heteroatoms. The summed E-state index contributed by atoms with van der Waals surface area (Å²) in [4.78, 5) is 26.6. The molecular weight excluding hydrogens is 418 g/mol. The zero-order chi connectivity index (χ0) is 23.4. The van der Waals surface area contributed by atoms with E-state index < -0.39 is 5.60 Å². The van der Waals surface area contributed by atoms with Gasteiger partial charge < -0.3 is 19.7 Å². The van der Waals surface area contributed by atoms with Gasteiger partial charge in [-0.3, -0.25) is 4.98 Å². The van der Waals surface area contributed by atoms with E-state index in [9.17, 15) is 4.79 Å². The largest absolute Gasteiger partial charge is 0.444 e. The van der Waals surface area contributed by atoms with Gasteiger partial charge in [0.15, 0.2) is 0 Å². The second-order valence-corrected chi connectivity index (χ2v) is 8.72. The normalized spacial score (nSPS) is 13.6. The van der Waals surface area contributed by atoms with Crippen molar-refractivity contribution in [3.05, 3.63) is 60.7 Å². The van der Waals surface area contributed by atoms with Gasteiger partial charge in [0.1, 0.15) is 11.4 Å². The second kappa shape index (κ2) is 9.17. The smallest absolute Gasteiger partial charge is 0.410 e. The van der Waals surface area contributed by atoms with Gasteiger partial charge in [0.2, 0.25) is 0 Å². The predicted molar refractivity (Wildman–Crippen MR) is 125 cm³/mol. The number of hydrogen-bond donors (Lipinski definition) is 1. The number of carbonyl (C=O) groups excluding carboxylic acids is 1. The van der Waals surface area contributed by atoms with Gasteiger partial charge in [0.25, 0.3) is 0 Å². The molecule has 3 heterocycles. The Morgan fingerprint density at radius 2 is 1.88 bits per heavy atom. The average molecular weight is 444 g/mol. The maximum atomic E-state index is 12.1. The number of anilines is 1. The van der Waals surface area contributed by atoms with E-state index in [4.69, 9.17) is 15.9 Å². The summed E-state index contributed by atoms with van der Waals surface area (Å²) in [5.74, 6) is 3.14. The molecule has 8 nitrogen and oxygen atoms in total. The van der Waals surface area contributed by atoms with E-state index in [0.717, 1.165) is 22.4 Å². The molecule has 168 valence electrons. The number of ether oxygens (including phenoxy) is 2. The highest BCUT2D eigenvalue weighted by Gasteiger charge is 2.33. The van der Waals surface area contributed by atoms with Crippen LogP contribution < -0.4 is 10.1 Å². The summed E-state index contributed by atoms with van der Waals surface area (Å²) in [6, 6.07) is 9.52. The van der Waals surface area contributed by atoms with Crippen LogP contribution in [-0.4, -0.2) is 50.7 Å². The first-order chi connectivity index (χ1) is 15.8. The van der Waals surface area contributed by atoms with Gasteiger partial charge in [-0.05, 0) is 45.0 Å². The molecule has 1 N–H and O–H groups in total. The average Bonchev–Trinajstić information content (AvgIpc) is 2.75. The van der Waals surface area contributed by atoms with Crippen LogP contribution in [0.4, 0.5) is 10.5 Å². The van der Waals surface area contributed by atoms with Crippen LogP contribution >= 0.6 is 0 Å². The first-order valence-corrected chi connectivity index (χ1v) is 10.6. The quantitative estimate of drug-likeness (QED) is 0.587. The number of benzene rings is 1. The van der Waals surface area contributed by atoms with Crippen LogP contribution in [0.3, 0.4) is 0 Å². The first kappa shape index (κ1) is 22.1. The molecule has 1 aromatic carbocycles. The van der Waals surface area contributed by atoms with Crippen molar-refractivity contribution in [1.82, 2.24) is 19.9 Å². The Morgan fingerprint density at radius 3 is 2.58 bits per heavy atom. The lowest BCUT2D eigenvalue weighted by molar-refractivity contribution is 0.0105. The Balaban J connectivity index is 1.35. The maximum Gasteiger partial charge on any atom is 0.410 e. The molecule has 0 spiro atoms. The second-order valence-electron chi connectivity index (χ2n) is 8.72. The Hall–Kier alpha value is -4.12. The third-order valence-corrected chi connectivity index (χ3v) is 4.81. The van der Waals surface area contributed by atoms with E-state index in [1.165, 1.54) is 0 Å². The van der Waals surface area contributed by atoms with Crippen molar-refractivity contribution >= 4 is 11.8 Å². The molecule has 0 unspecified atom stereocenters. The third-order valence-electron chi connectivity index (χ3n) is 4.81. The monoisotopic (exact) mass is 443 g/mol. The molecule has 33 heavy (non-hydrogen) atoms. The fraction of sp³-hybridized carbons (Fsp3) is 0.280. The number of likely N-dealkylation sites (tertiary alicyclic amines) is 1. The number of nitrogens with one attached hydrogen (secondary N) is 1. The molecule has 0 atom stereocenters. The maximum absolute atomic E-state index is 12.1. The van der Waals surface area contributed by atoms with Gasteiger partial charge in [-0.2, -0.15) is 0 Å². The standard InChI is InChI=1S/C25H25N5O3/c1-5-17-7-6-8-22(9-17)32-23-27-12-19(13-28-23)18-10-20(14-26-11-18)29-21-15-30(16-21)24(31)33-25(2,3)4/h1,6-14,21,29H,15-16H2,2-4H3. The van der Waals surface area contributed by atoms with Crippen molar-refractivity contribution in [2.75, 3.05) is 18.4 Å². The zero-order valence-corrected chi connectivity index (χ0v) is 18.8. The topological polar surface area (TPSA) is 89.5 Å². The van der Waals surface area contributed by atoms with Crippen LogP contribution in [-0.2, 0) is 4.74 Å². The minimum atomic E-state index is -0.498. The number of nitrogens with zero attached hydrogens (tertiary/aromatic N) is 4. The summed E-state index contributed by atoms with van der Waals surface area (Å²) in [7, 11) is 0. The lowest BCUT2D eigenvalue weighted by Crippen LogP contribution is -2.57. The van der Waals surface area contributed by atoms with Crippen molar-refractivity contribution in [2.24, 2.45) is 0 Å². The van der Waals surface area contributed by atoms with Crippen LogP contribution in [0.25, 0.3) is 11.1 Å². The van der Waals surface area contributed by atoms with E-state index in [1.54, 1.807) is 41.8 Å². The molecule has 1 aliphatic rings. The molecule has 4 rings (SSSR count). The number of terminal acetylenes is 1. The molecule has 0 aliphatic carbocycles. The zero-order valence-electron chi connectivity index (χ0n) is 18.8. The van der Waals surface area contributed by atoms with Crippen molar-refractivity contribution in [3.63, 3.8) is 0 Å². The van der Waals surface area contributed by atoms with Crippen molar-refractivity contribution in [1.29, 1.82) is 0 Å². The summed E-state index contributed by atoms with van der Waals surface area (Å²) in [5.41, 5.74) is 2.75. The SMILES string of the molecule is C#Cc1cccc(Oc2ncc(-c3cncc(NC4CN(C(=O)OC(C)(C)C)C4)c3)cn2)c1. The Bertz CT molecular complexity index is 1180. The van der Waals surface area contributed by atoms with Gasteiger partial charge >= 0.3 is 12.1 Å². The highest BCUT2D eigenvalue weighted by atomic mass is 16.6. The molecule has 1 amide bonds. The van der Waals surface area contributed by atoms with Crippen LogP contribution in [0.2, 0.25) is 0 Å². The highest BCUT2D eigenvalue weighted by molar-refractivity contribution is 5.70. The fourth-order valence-electron chi connectivity index (χ4n) is 3.23. The molecule has 1 aliphatic heterocycles. The molecule has 0 saturated carbocycles. The van der Waals surface area contributed by atoms with Gasteiger partial charge in [-0.15, -0.1) is 6.42 Å². The summed E-state index contributed by atoms with van der Waals surface area (Å²) in [5, 5.41) is 3.40. The van der Waals surface area contributed by atoms with Crippen molar-refractivity contribution in [2.45, 2.75) is 32.4 Å². The molecule has 1 fully saturated rings. The van der Waals surface area contributed by atoms with Crippen LogP contribution in [0.5, 0.6) is 11.8 Å². The number of rotatable bonds is 5. The lowest BCUT2D eigenvalue weighted by Gasteiger charge is -2.40. The summed E-state index contributed by atoms with van der Waals surface area (Å²) >= 11 is 0. The molecule has 0 bridgehead atoms. The number of pyridine rings is 1. The molecule has 3 aromatic rings. The van der Waals surface area contributed by atoms with Gasteiger partial charge in [0.05, 0.1) is 11.7 Å². The lowest BCUT2D eigenvalue weighted by atomic mass is 10.1. The van der Waals surface area contributed by atoms with Crippen molar-refractivity contribution < 1.29 is 14.3 Å². The molecule has 2 aromatic heterocycles. The third kappa shape index (κ3) is 5.77. The number of amides is 1. The fourth-order valence-corrected chi connectivity index (χ4v) is 3.23. The van der Waals surface area contributed by atoms with Gasteiger partial charge in [-0.1, -0.05) is 12.0 Å². The Labute approximate surface area is 193 Å². The molecule has 1 saturated heterocycles. The summed E-state index contributed by atoms with van der Waals surface area (Å²) in [6.45, 7) is 6.73. The van der Waals surface area contributed by atoms with E-state index in [0.29, 0.717) is 18.8 Å². The predicted octanol–water partition coefficient (Wildman–Crippen LogP) is 4.34. The van der Waals surface area contributed by atoms with Crippen LogP contribution in [0, 0.1) is 12.3 Å². The minimum absolute atomic E-state index is 0.139. The first-order valence-electron chi connectivity index (χ1n) is 10.6. The van der Waals surface area contributed by atoms with Crippen LogP contribution in [0.1, 0.15) is 26.3 Å². The molecular formula is C25H25N5O3. The summed E-state index contributed by atoms with van der Waals surface area (Å²) < 4.78 is 11.1.